The molecule has 3 heterocycles. The zero-order valence-corrected chi connectivity index (χ0v) is 16.8. The lowest BCUT2D eigenvalue weighted by Gasteiger charge is -2.10. The Balaban J connectivity index is 1.84. The monoisotopic (exact) mass is 426 g/mol. The highest BCUT2D eigenvalue weighted by Gasteiger charge is 2.21. The highest BCUT2D eigenvalue weighted by molar-refractivity contribution is 8.01. The Hall–Kier alpha value is -2.93. The van der Waals surface area contributed by atoms with E-state index in [0.717, 1.165) is 23.0 Å². The molecule has 0 N–H and O–H groups in total. The predicted octanol–water partition coefficient (Wildman–Crippen LogP) is 4.47. The Morgan fingerprint density at radius 1 is 1.18 bits per heavy atom. The van der Waals surface area contributed by atoms with E-state index in [1.54, 1.807) is 13.3 Å². The van der Waals surface area contributed by atoms with Crippen LogP contribution in [-0.2, 0) is 0 Å². The van der Waals surface area contributed by atoms with Crippen molar-refractivity contribution in [3.63, 3.8) is 0 Å². The number of hydrogen-bond donors (Lipinski definition) is 0. The zero-order valence-electron chi connectivity index (χ0n) is 14.4. The van der Waals surface area contributed by atoms with E-state index in [2.05, 4.69) is 25.6 Å². The fourth-order valence-electron chi connectivity index (χ4n) is 2.46. The summed E-state index contributed by atoms with van der Waals surface area (Å²) in [6, 6.07) is 15.2. The van der Waals surface area contributed by atoms with Crippen LogP contribution in [0.2, 0.25) is 5.15 Å². The molecule has 0 spiro atoms. The molecule has 10 heteroatoms. The van der Waals surface area contributed by atoms with Crippen LogP contribution < -0.4 is 4.74 Å². The van der Waals surface area contributed by atoms with Gasteiger partial charge in [-0.1, -0.05) is 17.7 Å². The molecule has 138 valence electrons. The van der Waals surface area contributed by atoms with Crippen molar-refractivity contribution < 1.29 is 4.74 Å². The molecule has 0 aliphatic rings. The van der Waals surface area contributed by atoms with Crippen LogP contribution in [0.3, 0.4) is 0 Å². The van der Waals surface area contributed by atoms with Gasteiger partial charge in [0.25, 0.3) is 0 Å². The van der Waals surface area contributed by atoms with Crippen molar-refractivity contribution in [2.45, 2.75) is 9.37 Å². The molecule has 28 heavy (non-hydrogen) atoms. The summed E-state index contributed by atoms with van der Waals surface area (Å²) >= 11 is 8.44. The molecule has 4 aromatic rings. The number of benzene rings is 1. The number of methoxy groups -OCH3 is 1. The van der Waals surface area contributed by atoms with Crippen molar-refractivity contribution in [3.8, 4) is 29.0 Å². The van der Waals surface area contributed by atoms with E-state index < -0.39 is 0 Å². The quantitative estimate of drug-likeness (QED) is 0.465. The van der Waals surface area contributed by atoms with Gasteiger partial charge in [-0.15, -0.1) is 10.2 Å². The first-order valence-electron chi connectivity index (χ1n) is 7.95. The van der Waals surface area contributed by atoms with Gasteiger partial charge in [-0.05, 0) is 59.7 Å². The van der Waals surface area contributed by atoms with Gasteiger partial charge in [-0.25, -0.2) is 0 Å². The minimum absolute atomic E-state index is 0.190. The van der Waals surface area contributed by atoms with Gasteiger partial charge < -0.3 is 4.74 Å². The van der Waals surface area contributed by atoms with Crippen molar-refractivity contribution in [1.82, 2.24) is 24.1 Å². The highest BCUT2D eigenvalue weighted by Crippen LogP contribution is 2.38. The van der Waals surface area contributed by atoms with Crippen LogP contribution in [0.1, 0.15) is 5.56 Å². The predicted molar refractivity (Wildman–Crippen MR) is 107 cm³/mol. The van der Waals surface area contributed by atoms with Crippen LogP contribution >= 0.6 is 34.9 Å². The lowest BCUT2D eigenvalue weighted by atomic mass is 10.3. The first-order valence-corrected chi connectivity index (χ1v) is 9.92. The normalized spacial score (nSPS) is 10.6. The Kier molecular flexibility index (Phi) is 5.25. The SMILES string of the molecule is COc1ccc(-n2c(Sc3snc(Cl)c3C#N)nnc2-c2ccccn2)cc1. The molecule has 0 atom stereocenters. The molecule has 1 aromatic carbocycles. The largest absolute Gasteiger partial charge is 0.497 e. The molecule has 0 fully saturated rings. The van der Waals surface area contributed by atoms with Crippen molar-refractivity contribution in [2.75, 3.05) is 7.11 Å². The van der Waals surface area contributed by atoms with Gasteiger partial charge in [0, 0.05) is 6.20 Å². The lowest BCUT2D eigenvalue weighted by Crippen LogP contribution is -2.00. The molecule has 3 aromatic heterocycles. The molecular weight excluding hydrogens is 416 g/mol. The van der Waals surface area contributed by atoms with E-state index >= 15 is 0 Å². The topological polar surface area (TPSA) is 89.5 Å². The number of nitriles is 1. The molecular formula is C18H11ClN6OS2. The third-order valence-corrected chi connectivity index (χ3v) is 6.10. The van der Waals surface area contributed by atoms with Crippen molar-refractivity contribution in [1.29, 1.82) is 5.26 Å². The second-order valence-electron chi connectivity index (χ2n) is 5.40. The molecule has 0 saturated carbocycles. The Labute approximate surface area is 173 Å². The summed E-state index contributed by atoms with van der Waals surface area (Å²) in [5.41, 5.74) is 1.85. The maximum Gasteiger partial charge on any atom is 0.201 e. The van der Waals surface area contributed by atoms with E-state index in [-0.39, 0.29) is 5.15 Å². The number of pyridine rings is 1. The van der Waals surface area contributed by atoms with Crippen LogP contribution in [0.5, 0.6) is 5.75 Å². The molecule has 0 bridgehead atoms. The Morgan fingerprint density at radius 3 is 2.68 bits per heavy atom. The van der Waals surface area contributed by atoms with Gasteiger partial charge in [0.05, 0.1) is 12.8 Å². The van der Waals surface area contributed by atoms with Crippen LogP contribution in [0, 0.1) is 11.3 Å². The van der Waals surface area contributed by atoms with Gasteiger partial charge in [0.2, 0.25) is 5.16 Å². The fourth-order valence-corrected chi connectivity index (χ4v) is 4.56. The van der Waals surface area contributed by atoms with Gasteiger partial charge in [0.1, 0.15) is 27.3 Å². The van der Waals surface area contributed by atoms with Crippen LogP contribution in [0.25, 0.3) is 17.2 Å². The fraction of sp³-hybridized carbons (Fsp3) is 0.0556. The zero-order chi connectivity index (χ0) is 19.5. The van der Waals surface area contributed by atoms with Crippen molar-refractivity contribution in [3.05, 3.63) is 59.4 Å². The Morgan fingerprint density at radius 2 is 2.00 bits per heavy atom. The van der Waals surface area contributed by atoms with Gasteiger partial charge >= 0.3 is 0 Å². The van der Waals surface area contributed by atoms with E-state index in [9.17, 15) is 5.26 Å². The van der Waals surface area contributed by atoms with Gasteiger partial charge in [-0.2, -0.15) is 9.64 Å². The number of hydrogen-bond acceptors (Lipinski definition) is 8. The van der Waals surface area contributed by atoms with Crippen LogP contribution in [-0.4, -0.2) is 31.2 Å². The first kappa shape index (κ1) is 18.4. The molecule has 7 nitrogen and oxygen atoms in total. The highest BCUT2D eigenvalue weighted by atomic mass is 35.5. The number of halogens is 1. The second-order valence-corrected chi connectivity index (χ2v) is 7.77. The summed E-state index contributed by atoms with van der Waals surface area (Å²) in [6.45, 7) is 0. The molecule has 0 aliphatic carbocycles. The molecule has 4 rings (SSSR count). The first-order chi connectivity index (χ1) is 13.7. The average Bonchev–Trinajstić information content (AvgIpc) is 3.32. The lowest BCUT2D eigenvalue weighted by molar-refractivity contribution is 0.414. The summed E-state index contributed by atoms with van der Waals surface area (Å²) in [5.74, 6) is 1.33. The summed E-state index contributed by atoms with van der Waals surface area (Å²) in [4.78, 5) is 4.39. The maximum absolute atomic E-state index is 9.35. The summed E-state index contributed by atoms with van der Waals surface area (Å²) < 4.78 is 11.8. The van der Waals surface area contributed by atoms with Crippen LogP contribution in [0.15, 0.2) is 58.0 Å². The third-order valence-electron chi connectivity index (χ3n) is 3.77. The van der Waals surface area contributed by atoms with Crippen molar-refractivity contribution >= 4 is 34.9 Å². The van der Waals surface area contributed by atoms with E-state index in [4.69, 9.17) is 16.3 Å². The van der Waals surface area contributed by atoms with E-state index in [1.165, 1.54) is 11.8 Å². The smallest absolute Gasteiger partial charge is 0.201 e. The van der Waals surface area contributed by atoms with Gasteiger partial charge in [0.15, 0.2) is 11.0 Å². The van der Waals surface area contributed by atoms with E-state index in [0.29, 0.717) is 26.4 Å². The molecule has 0 saturated heterocycles. The number of rotatable bonds is 5. The Bertz CT molecular complexity index is 1150. The van der Waals surface area contributed by atoms with E-state index in [1.807, 2.05) is 47.0 Å². The standard InChI is InChI=1S/C18H11ClN6OS2/c1-26-12-7-5-11(6-8-12)25-16(14-4-2-3-9-21-14)22-23-18(25)27-17-13(10-20)15(19)24-28-17/h2-9H,1H3. The second kappa shape index (κ2) is 7.98. The molecule has 0 unspecified atom stereocenters. The minimum atomic E-state index is 0.190. The average molecular weight is 427 g/mol. The summed E-state index contributed by atoms with van der Waals surface area (Å²) in [7, 11) is 1.62. The summed E-state index contributed by atoms with van der Waals surface area (Å²) in [6.07, 6.45) is 1.70. The van der Waals surface area contributed by atoms with Crippen molar-refractivity contribution in [2.24, 2.45) is 0 Å². The maximum atomic E-state index is 9.35. The van der Waals surface area contributed by atoms with Crippen LogP contribution in [0.4, 0.5) is 0 Å². The number of aromatic nitrogens is 5. The van der Waals surface area contributed by atoms with Gasteiger partial charge in [-0.3, -0.25) is 9.55 Å². The summed E-state index contributed by atoms with van der Waals surface area (Å²) in [5, 5.41) is 18.8. The molecule has 0 amide bonds. The molecule has 0 radical (unpaired) electrons. The number of ether oxygens (including phenoxy) is 1. The number of nitrogens with zero attached hydrogens (tertiary/aromatic N) is 6. The third kappa shape index (κ3) is 3.45. The molecule has 0 aliphatic heterocycles. The minimum Gasteiger partial charge on any atom is -0.497 e.